The van der Waals surface area contributed by atoms with Gasteiger partial charge >= 0.3 is 0 Å². The third-order valence-electron chi connectivity index (χ3n) is 2.40. The summed E-state index contributed by atoms with van der Waals surface area (Å²) in [4.78, 5) is 0. The zero-order valence-electron chi connectivity index (χ0n) is 9.59. The average Bonchev–Trinajstić information content (AvgIpc) is 2.25. The molecule has 0 aliphatic rings. The molecule has 0 aliphatic carbocycles. The molecule has 15 heavy (non-hydrogen) atoms. The van der Waals surface area contributed by atoms with Gasteiger partial charge < -0.3 is 5.32 Å². The van der Waals surface area contributed by atoms with Crippen molar-refractivity contribution < 1.29 is 0 Å². The third kappa shape index (κ3) is 5.19. The molecule has 0 aromatic heterocycles. The Hall–Kier alpha value is -0.530. The molecule has 0 unspecified atom stereocenters. The predicted molar refractivity (Wildman–Crippen MR) is 67.2 cm³/mol. The number of hydrogen-bond donors (Lipinski definition) is 1. The summed E-state index contributed by atoms with van der Waals surface area (Å²) in [6.45, 7) is 6.54. The summed E-state index contributed by atoms with van der Waals surface area (Å²) in [5.41, 5.74) is 2.51. The summed E-state index contributed by atoms with van der Waals surface area (Å²) < 4.78 is 0. The second-order valence-corrected chi connectivity index (χ2v) is 4.58. The molecule has 1 aromatic rings. The second-order valence-electron chi connectivity index (χ2n) is 4.31. The highest BCUT2D eigenvalue weighted by molar-refractivity contribution is 6.17. The van der Waals surface area contributed by atoms with E-state index in [-0.39, 0.29) is 0 Å². The first-order chi connectivity index (χ1) is 7.22. The van der Waals surface area contributed by atoms with Crippen molar-refractivity contribution in [3.05, 3.63) is 35.4 Å². The Morgan fingerprint density at radius 1 is 1.13 bits per heavy atom. The van der Waals surface area contributed by atoms with Crippen LogP contribution in [0, 0.1) is 5.92 Å². The zero-order valence-corrected chi connectivity index (χ0v) is 10.3. The Kier molecular flexibility index (Phi) is 5.74. The van der Waals surface area contributed by atoms with E-state index in [4.69, 9.17) is 11.6 Å². The minimum Gasteiger partial charge on any atom is -0.313 e. The SMILES string of the molecule is CC(C)CCNCc1ccc(CCl)cc1. The number of rotatable bonds is 6. The van der Waals surface area contributed by atoms with Crippen molar-refractivity contribution in [1.82, 2.24) is 5.32 Å². The standard InChI is InChI=1S/C13H20ClN/c1-11(2)7-8-15-10-13-5-3-12(9-14)4-6-13/h3-6,11,15H,7-10H2,1-2H3. The molecule has 2 heteroatoms. The van der Waals surface area contributed by atoms with Crippen LogP contribution in [-0.2, 0) is 12.4 Å². The van der Waals surface area contributed by atoms with Crippen LogP contribution in [0.2, 0.25) is 0 Å². The number of benzene rings is 1. The maximum absolute atomic E-state index is 5.73. The minimum atomic E-state index is 0.598. The van der Waals surface area contributed by atoms with E-state index in [2.05, 4.69) is 43.4 Å². The molecule has 0 saturated heterocycles. The summed E-state index contributed by atoms with van der Waals surface area (Å²) in [5.74, 6) is 1.37. The van der Waals surface area contributed by atoms with Gasteiger partial charge in [-0.2, -0.15) is 0 Å². The van der Waals surface area contributed by atoms with E-state index in [1.54, 1.807) is 0 Å². The van der Waals surface area contributed by atoms with E-state index < -0.39 is 0 Å². The highest BCUT2D eigenvalue weighted by atomic mass is 35.5. The van der Waals surface area contributed by atoms with Gasteiger partial charge in [0.1, 0.15) is 0 Å². The highest BCUT2D eigenvalue weighted by Crippen LogP contribution is 2.06. The van der Waals surface area contributed by atoms with Gasteiger partial charge in [-0.05, 0) is 30.0 Å². The van der Waals surface area contributed by atoms with Crippen LogP contribution in [0.15, 0.2) is 24.3 Å². The number of alkyl halides is 1. The van der Waals surface area contributed by atoms with E-state index in [9.17, 15) is 0 Å². The molecule has 84 valence electrons. The first kappa shape index (κ1) is 12.5. The molecule has 0 atom stereocenters. The first-order valence-electron chi connectivity index (χ1n) is 5.57. The molecule has 1 rings (SSSR count). The van der Waals surface area contributed by atoms with Crippen molar-refractivity contribution >= 4 is 11.6 Å². The Morgan fingerprint density at radius 2 is 1.73 bits per heavy atom. The van der Waals surface area contributed by atoms with E-state index >= 15 is 0 Å². The predicted octanol–water partition coefficient (Wildman–Crippen LogP) is 3.56. The van der Waals surface area contributed by atoms with Crippen molar-refractivity contribution in [2.45, 2.75) is 32.7 Å². The van der Waals surface area contributed by atoms with Gasteiger partial charge in [-0.3, -0.25) is 0 Å². The Morgan fingerprint density at radius 3 is 2.27 bits per heavy atom. The van der Waals surface area contributed by atoms with Crippen molar-refractivity contribution in [1.29, 1.82) is 0 Å². The molecule has 0 saturated carbocycles. The molecule has 0 bridgehead atoms. The third-order valence-corrected chi connectivity index (χ3v) is 2.71. The minimum absolute atomic E-state index is 0.598. The summed E-state index contributed by atoms with van der Waals surface area (Å²) in [5, 5.41) is 3.44. The van der Waals surface area contributed by atoms with Gasteiger partial charge in [0.15, 0.2) is 0 Å². The van der Waals surface area contributed by atoms with Gasteiger partial charge in [0.25, 0.3) is 0 Å². The molecule has 1 aromatic carbocycles. The van der Waals surface area contributed by atoms with Crippen LogP contribution in [0.3, 0.4) is 0 Å². The Balaban J connectivity index is 2.25. The van der Waals surface area contributed by atoms with Crippen LogP contribution in [0.1, 0.15) is 31.4 Å². The van der Waals surface area contributed by atoms with E-state index in [1.807, 2.05) is 0 Å². The Labute approximate surface area is 97.8 Å². The van der Waals surface area contributed by atoms with E-state index in [0.717, 1.165) is 19.0 Å². The lowest BCUT2D eigenvalue weighted by molar-refractivity contribution is 0.537. The topological polar surface area (TPSA) is 12.0 Å². The first-order valence-corrected chi connectivity index (χ1v) is 6.10. The fourth-order valence-electron chi connectivity index (χ4n) is 1.37. The number of nitrogens with one attached hydrogen (secondary N) is 1. The largest absolute Gasteiger partial charge is 0.313 e. The van der Waals surface area contributed by atoms with Gasteiger partial charge in [0, 0.05) is 12.4 Å². The molecule has 0 aliphatic heterocycles. The lowest BCUT2D eigenvalue weighted by Gasteiger charge is -2.07. The molecule has 0 radical (unpaired) electrons. The maximum atomic E-state index is 5.73. The molecule has 1 N–H and O–H groups in total. The average molecular weight is 226 g/mol. The van der Waals surface area contributed by atoms with Crippen LogP contribution in [0.5, 0.6) is 0 Å². The molecule has 0 spiro atoms. The Bertz CT molecular complexity index is 266. The van der Waals surface area contributed by atoms with Crippen LogP contribution >= 0.6 is 11.6 Å². The summed E-state index contributed by atoms with van der Waals surface area (Å²) in [7, 11) is 0. The summed E-state index contributed by atoms with van der Waals surface area (Å²) >= 11 is 5.73. The fourth-order valence-corrected chi connectivity index (χ4v) is 1.55. The normalized spacial score (nSPS) is 10.9. The molecule has 0 fully saturated rings. The summed E-state index contributed by atoms with van der Waals surface area (Å²) in [6, 6.07) is 8.46. The molecule has 0 amide bonds. The fraction of sp³-hybridized carbons (Fsp3) is 0.538. The van der Waals surface area contributed by atoms with Gasteiger partial charge in [0.05, 0.1) is 0 Å². The smallest absolute Gasteiger partial charge is 0.0474 e. The number of hydrogen-bond acceptors (Lipinski definition) is 1. The van der Waals surface area contributed by atoms with Crippen molar-refractivity contribution in [2.75, 3.05) is 6.54 Å². The molecular formula is C13H20ClN. The van der Waals surface area contributed by atoms with Crippen molar-refractivity contribution in [3.63, 3.8) is 0 Å². The van der Waals surface area contributed by atoms with Gasteiger partial charge in [-0.1, -0.05) is 38.1 Å². The van der Waals surface area contributed by atoms with Crippen LogP contribution in [0.4, 0.5) is 0 Å². The highest BCUT2D eigenvalue weighted by Gasteiger charge is 1.95. The monoisotopic (exact) mass is 225 g/mol. The molecular weight excluding hydrogens is 206 g/mol. The van der Waals surface area contributed by atoms with E-state index in [0.29, 0.717) is 5.88 Å². The van der Waals surface area contributed by atoms with Gasteiger partial charge in [-0.15, -0.1) is 11.6 Å². The van der Waals surface area contributed by atoms with Gasteiger partial charge in [0.2, 0.25) is 0 Å². The molecule has 1 nitrogen and oxygen atoms in total. The second kappa shape index (κ2) is 6.86. The van der Waals surface area contributed by atoms with Crippen LogP contribution in [0.25, 0.3) is 0 Å². The summed E-state index contributed by atoms with van der Waals surface area (Å²) in [6.07, 6.45) is 1.24. The lowest BCUT2D eigenvalue weighted by Crippen LogP contribution is -2.16. The zero-order chi connectivity index (χ0) is 11.1. The van der Waals surface area contributed by atoms with Crippen LogP contribution < -0.4 is 5.32 Å². The quantitative estimate of drug-likeness (QED) is 0.577. The lowest BCUT2D eigenvalue weighted by atomic mass is 10.1. The van der Waals surface area contributed by atoms with Gasteiger partial charge in [-0.25, -0.2) is 0 Å². The van der Waals surface area contributed by atoms with Crippen molar-refractivity contribution in [2.24, 2.45) is 5.92 Å². The maximum Gasteiger partial charge on any atom is 0.0474 e. The molecule has 0 heterocycles. The van der Waals surface area contributed by atoms with Crippen LogP contribution in [-0.4, -0.2) is 6.54 Å². The van der Waals surface area contributed by atoms with Crippen molar-refractivity contribution in [3.8, 4) is 0 Å². The number of halogens is 1. The van der Waals surface area contributed by atoms with E-state index in [1.165, 1.54) is 17.5 Å².